The lowest BCUT2D eigenvalue weighted by Gasteiger charge is -2.10. The van der Waals surface area contributed by atoms with Gasteiger partial charge in [-0.15, -0.1) is 0 Å². The SMILES string of the molecule is C=N/C(C)=C\C(=C/C)NC(=C)c1n[nH]c2ccc(-c3cncc(CNC)c3)cc12. The van der Waals surface area contributed by atoms with E-state index < -0.39 is 0 Å². The van der Waals surface area contributed by atoms with Gasteiger partial charge in [-0.1, -0.05) is 18.7 Å². The van der Waals surface area contributed by atoms with Gasteiger partial charge in [0.05, 0.1) is 11.2 Å². The molecule has 0 aliphatic rings. The Kier molecular flexibility index (Phi) is 6.36. The van der Waals surface area contributed by atoms with Crippen LogP contribution in [0.5, 0.6) is 0 Å². The second-order valence-corrected chi connectivity index (χ2v) is 6.74. The maximum Gasteiger partial charge on any atom is 0.116 e. The van der Waals surface area contributed by atoms with E-state index in [0.29, 0.717) is 5.70 Å². The highest BCUT2D eigenvalue weighted by atomic mass is 15.1. The molecule has 2 aromatic heterocycles. The van der Waals surface area contributed by atoms with Crippen molar-refractivity contribution in [2.24, 2.45) is 4.99 Å². The number of allylic oxidation sites excluding steroid dienone is 3. The third-order valence-electron chi connectivity index (χ3n) is 4.58. The number of benzene rings is 1. The maximum absolute atomic E-state index is 4.47. The largest absolute Gasteiger partial charge is 0.354 e. The zero-order valence-electron chi connectivity index (χ0n) is 17.1. The molecule has 0 unspecified atom stereocenters. The van der Waals surface area contributed by atoms with E-state index >= 15 is 0 Å². The van der Waals surface area contributed by atoms with Crippen LogP contribution in [0.15, 0.2) is 71.8 Å². The smallest absolute Gasteiger partial charge is 0.116 e. The third-order valence-corrected chi connectivity index (χ3v) is 4.58. The average molecular weight is 387 g/mol. The zero-order chi connectivity index (χ0) is 20.8. The van der Waals surface area contributed by atoms with E-state index in [2.05, 4.69) is 62.3 Å². The van der Waals surface area contributed by atoms with Gasteiger partial charge in [-0.05, 0) is 63.0 Å². The van der Waals surface area contributed by atoms with E-state index in [1.807, 2.05) is 51.5 Å². The van der Waals surface area contributed by atoms with Gasteiger partial charge < -0.3 is 10.6 Å². The first-order chi connectivity index (χ1) is 14.0. The predicted octanol–water partition coefficient (Wildman–Crippen LogP) is 4.41. The van der Waals surface area contributed by atoms with Crippen LogP contribution in [-0.4, -0.2) is 28.9 Å². The van der Waals surface area contributed by atoms with Crippen molar-refractivity contribution in [3.8, 4) is 11.1 Å². The van der Waals surface area contributed by atoms with Crippen molar-refractivity contribution in [2.75, 3.05) is 7.05 Å². The molecule has 3 N–H and O–H groups in total. The quantitative estimate of drug-likeness (QED) is 0.396. The molecule has 0 aliphatic carbocycles. The Balaban J connectivity index is 1.94. The van der Waals surface area contributed by atoms with Crippen molar-refractivity contribution in [2.45, 2.75) is 20.4 Å². The molecule has 0 saturated carbocycles. The number of aromatic amines is 1. The molecule has 0 atom stereocenters. The summed E-state index contributed by atoms with van der Waals surface area (Å²) in [5.74, 6) is 0. The molecule has 1 aromatic carbocycles. The van der Waals surface area contributed by atoms with Gasteiger partial charge in [-0.3, -0.25) is 15.1 Å². The molecule has 3 aromatic rings. The molecule has 0 fully saturated rings. The normalized spacial score (nSPS) is 12.2. The van der Waals surface area contributed by atoms with Crippen molar-refractivity contribution in [3.05, 3.63) is 78.0 Å². The average Bonchev–Trinajstić information content (AvgIpc) is 3.17. The summed E-state index contributed by atoms with van der Waals surface area (Å²) < 4.78 is 0. The monoisotopic (exact) mass is 386 g/mol. The van der Waals surface area contributed by atoms with E-state index in [-0.39, 0.29) is 0 Å². The highest BCUT2D eigenvalue weighted by Gasteiger charge is 2.11. The summed E-state index contributed by atoms with van der Waals surface area (Å²) in [6.45, 7) is 12.4. The van der Waals surface area contributed by atoms with Gasteiger partial charge in [0.2, 0.25) is 0 Å². The van der Waals surface area contributed by atoms with E-state index in [9.17, 15) is 0 Å². The van der Waals surface area contributed by atoms with Crippen molar-refractivity contribution >= 4 is 23.3 Å². The predicted molar refractivity (Wildman–Crippen MR) is 121 cm³/mol. The van der Waals surface area contributed by atoms with E-state index in [1.165, 1.54) is 0 Å². The van der Waals surface area contributed by atoms with Gasteiger partial charge in [0.25, 0.3) is 0 Å². The Morgan fingerprint density at radius 3 is 2.79 bits per heavy atom. The van der Waals surface area contributed by atoms with Gasteiger partial charge >= 0.3 is 0 Å². The topological polar surface area (TPSA) is 78.0 Å². The summed E-state index contributed by atoms with van der Waals surface area (Å²) in [5.41, 5.74) is 7.42. The summed E-state index contributed by atoms with van der Waals surface area (Å²) in [5, 5.41) is 15.0. The van der Waals surface area contributed by atoms with Crippen LogP contribution in [-0.2, 0) is 6.54 Å². The minimum atomic E-state index is 0.705. The van der Waals surface area contributed by atoms with Crippen molar-refractivity contribution in [1.29, 1.82) is 0 Å². The molecule has 0 radical (unpaired) electrons. The lowest BCUT2D eigenvalue weighted by atomic mass is 10.0. The molecule has 6 heteroatoms. The number of nitrogens with zero attached hydrogens (tertiary/aromatic N) is 3. The van der Waals surface area contributed by atoms with Crippen LogP contribution in [0.3, 0.4) is 0 Å². The van der Waals surface area contributed by atoms with Gasteiger partial charge in [-0.25, -0.2) is 0 Å². The number of aliphatic imine (C=N–C) groups is 1. The van der Waals surface area contributed by atoms with Crippen LogP contribution >= 0.6 is 0 Å². The first-order valence-corrected chi connectivity index (χ1v) is 9.40. The van der Waals surface area contributed by atoms with Crippen molar-refractivity contribution in [3.63, 3.8) is 0 Å². The molecule has 0 amide bonds. The van der Waals surface area contributed by atoms with Gasteiger partial charge in [0, 0.05) is 41.3 Å². The van der Waals surface area contributed by atoms with E-state index in [1.54, 1.807) is 0 Å². The Labute approximate surface area is 171 Å². The molecule has 3 rings (SSSR count). The van der Waals surface area contributed by atoms with Crippen LogP contribution in [0.4, 0.5) is 0 Å². The van der Waals surface area contributed by atoms with Crippen LogP contribution in [0, 0.1) is 0 Å². The van der Waals surface area contributed by atoms with Crippen LogP contribution in [0.25, 0.3) is 27.7 Å². The molecule has 148 valence electrons. The van der Waals surface area contributed by atoms with Crippen LogP contribution in [0.1, 0.15) is 25.1 Å². The summed E-state index contributed by atoms with van der Waals surface area (Å²) in [6, 6.07) is 8.36. The van der Waals surface area contributed by atoms with E-state index in [4.69, 9.17) is 0 Å². The molecule has 0 aliphatic heterocycles. The lowest BCUT2D eigenvalue weighted by molar-refractivity contribution is 0.813. The highest BCUT2D eigenvalue weighted by Crippen LogP contribution is 2.28. The molecule has 29 heavy (non-hydrogen) atoms. The summed E-state index contributed by atoms with van der Waals surface area (Å²) in [6.07, 6.45) is 7.62. The minimum Gasteiger partial charge on any atom is -0.354 e. The minimum absolute atomic E-state index is 0.705. The number of rotatable bonds is 8. The van der Waals surface area contributed by atoms with Crippen molar-refractivity contribution < 1.29 is 0 Å². The summed E-state index contributed by atoms with van der Waals surface area (Å²) >= 11 is 0. The fourth-order valence-electron chi connectivity index (χ4n) is 3.07. The Morgan fingerprint density at radius 2 is 2.07 bits per heavy atom. The van der Waals surface area contributed by atoms with Gasteiger partial charge in [0.15, 0.2) is 0 Å². The number of aromatic nitrogens is 3. The van der Waals surface area contributed by atoms with Crippen LogP contribution in [0.2, 0.25) is 0 Å². The number of hydrogen-bond donors (Lipinski definition) is 3. The molecule has 0 saturated heterocycles. The third kappa shape index (κ3) is 4.67. The van der Waals surface area contributed by atoms with Gasteiger partial charge in [0.1, 0.15) is 5.69 Å². The second kappa shape index (κ2) is 9.12. The van der Waals surface area contributed by atoms with Gasteiger partial charge in [-0.2, -0.15) is 5.10 Å². The first kappa shape index (κ1) is 20.2. The molecule has 0 bridgehead atoms. The first-order valence-electron chi connectivity index (χ1n) is 9.40. The maximum atomic E-state index is 4.47. The molecule has 2 heterocycles. The Morgan fingerprint density at radius 1 is 1.24 bits per heavy atom. The zero-order valence-corrected chi connectivity index (χ0v) is 17.1. The van der Waals surface area contributed by atoms with Crippen LogP contribution < -0.4 is 10.6 Å². The molecule has 0 spiro atoms. The fraction of sp³-hybridized carbons (Fsp3) is 0.174. The molecular formula is C23H26N6. The Bertz CT molecular complexity index is 1100. The van der Waals surface area contributed by atoms with E-state index in [0.717, 1.165) is 51.2 Å². The Hall–Kier alpha value is -3.51. The molecule has 6 nitrogen and oxygen atoms in total. The molecular weight excluding hydrogens is 360 g/mol. The highest BCUT2D eigenvalue weighted by molar-refractivity contribution is 5.92. The number of nitrogens with one attached hydrogen (secondary N) is 3. The number of H-pyrrole nitrogens is 1. The fourth-order valence-corrected chi connectivity index (χ4v) is 3.07. The van der Waals surface area contributed by atoms with Crippen molar-refractivity contribution in [1.82, 2.24) is 25.8 Å². The second-order valence-electron chi connectivity index (χ2n) is 6.74. The number of hydrogen-bond acceptors (Lipinski definition) is 5. The summed E-state index contributed by atoms with van der Waals surface area (Å²) in [7, 11) is 1.93. The summed E-state index contributed by atoms with van der Waals surface area (Å²) in [4.78, 5) is 8.30. The lowest BCUT2D eigenvalue weighted by Crippen LogP contribution is -2.10. The standard InChI is InChI=1S/C23H26N6/c1-6-20(9-15(2)25-5)27-16(3)23-21-11-18(7-8-22(21)28-29-23)19-10-17(12-24-4)13-26-14-19/h6-11,13-14,24,27H,3,5,12H2,1-2,4H3,(H,28,29)/b15-9-,20-6+. The number of fused-ring (bicyclic) bond motifs is 1. The number of pyridine rings is 1.